The molecule has 7 heteroatoms. The van der Waals surface area contributed by atoms with E-state index in [4.69, 9.17) is 16.3 Å². The Labute approximate surface area is 168 Å². The highest BCUT2D eigenvalue weighted by Crippen LogP contribution is 2.21. The minimum Gasteiger partial charge on any atom is -0.497 e. The van der Waals surface area contributed by atoms with Gasteiger partial charge in [0.2, 0.25) is 5.95 Å². The number of carbonyl (C=O) groups excluding carboxylic acids is 1. The Morgan fingerprint density at radius 3 is 2.82 bits per heavy atom. The summed E-state index contributed by atoms with van der Waals surface area (Å²) >= 11 is 6.14. The molecule has 0 unspecified atom stereocenters. The van der Waals surface area contributed by atoms with E-state index in [9.17, 15) is 4.79 Å². The number of halogens is 1. The molecule has 0 saturated carbocycles. The van der Waals surface area contributed by atoms with E-state index in [1.807, 2.05) is 43.3 Å². The first-order chi connectivity index (χ1) is 13.5. The summed E-state index contributed by atoms with van der Waals surface area (Å²) in [6.07, 6.45) is 2.24. The maximum Gasteiger partial charge on any atom is 0.270 e. The molecule has 1 heterocycles. The lowest BCUT2D eigenvalue weighted by Gasteiger charge is -2.09. The van der Waals surface area contributed by atoms with Crippen molar-refractivity contribution in [1.82, 2.24) is 15.3 Å². The Morgan fingerprint density at radius 1 is 1.18 bits per heavy atom. The first-order valence-corrected chi connectivity index (χ1v) is 9.20. The molecular formula is C21H21ClN4O2. The SMILES string of the molecule is COc1cccc(CCNC(=O)c2ccnc(Nc3ccc(C)c(Cl)c3)n2)c1. The number of aryl methyl sites for hydroxylation is 1. The molecule has 6 nitrogen and oxygen atoms in total. The zero-order chi connectivity index (χ0) is 19.9. The third kappa shape index (κ3) is 5.20. The van der Waals surface area contributed by atoms with E-state index in [1.54, 1.807) is 25.4 Å². The van der Waals surface area contributed by atoms with Crippen molar-refractivity contribution in [2.75, 3.05) is 19.0 Å². The number of hydrogen-bond acceptors (Lipinski definition) is 5. The van der Waals surface area contributed by atoms with Gasteiger partial charge in [0, 0.05) is 23.5 Å². The highest BCUT2D eigenvalue weighted by Gasteiger charge is 2.09. The monoisotopic (exact) mass is 396 g/mol. The highest BCUT2D eigenvalue weighted by molar-refractivity contribution is 6.31. The van der Waals surface area contributed by atoms with Crippen molar-refractivity contribution in [3.8, 4) is 5.75 Å². The second kappa shape index (κ2) is 9.19. The molecule has 144 valence electrons. The molecule has 28 heavy (non-hydrogen) atoms. The molecule has 1 aromatic heterocycles. The Bertz CT molecular complexity index is 978. The molecule has 2 N–H and O–H groups in total. The molecule has 2 aromatic carbocycles. The number of amides is 1. The van der Waals surface area contributed by atoms with Gasteiger partial charge in [0.25, 0.3) is 5.91 Å². The maximum atomic E-state index is 12.4. The Morgan fingerprint density at radius 2 is 2.04 bits per heavy atom. The molecule has 0 aliphatic heterocycles. The van der Waals surface area contributed by atoms with Gasteiger partial charge in [-0.1, -0.05) is 29.8 Å². The van der Waals surface area contributed by atoms with Gasteiger partial charge in [-0.3, -0.25) is 4.79 Å². The largest absolute Gasteiger partial charge is 0.497 e. The van der Waals surface area contributed by atoms with Crippen LogP contribution in [0.3, 0.4) is 0 Å². The van der Waals surface area contributed by atoms with Crippen molar-refractivity contribution >= 4 is 29.1 Å². The lowest BCUT2D eigenvalue weighted by molar-refractivity contribution is 0.0949. The predicted molar refractivity (Wildman–Crippen MR) is 111 cm³/mol. The van der Waals surface area contributed by atoms with Crippen molar-refractivity contribution in [3.05, 3.63) is 76.6 Å². The molecule has 0 fully saturated rings. The van der Waals surface area contributed by atoms with Gasteiger partial charge in [-0.15, -0.1) is 0 Å². The lowest BCUT2D eigenvalue weighted by Crippen LogP contribution is -2.26. The van der Waals surface area contributed by atoms with Gasteiger partial charge < -0.3 is 15.4 Å². The average molecular weight is 397 g/mol. The van der Waals surface area contributed by atoms with Crippen LogP contribution in [0.4, 0.5) is 11.6 Å². The summed E-state index contributed by atoms with van der Waals surface area (Å²) in [5.41, 5.74) is 3.12. The Hall–Kier alpha value is -3.12. The number of aromatic nitrogens is 2. The number of benzene rings is 2. The molecule has 0 aliphatic carbocycles. The third-order valence-electron chi connectivity index (χ3n) is 4.15. The van der Waals surface area contributed by atoms with Crippen LogP contribution in [0.25, 0.3) is 0 Å². The minimum atomic E-state index is -0.254. The predicted octanol–water partition coefficient (Wildman–Crippen LogP) is 4.16. The second-order valence-electron chi connectivity index (χ2n) is 6.21. The number of rotatable bonds is 7. The summed E-state index contributed by atoms with van der Waals surface area (Å²) in [6.45, 7) is 2.42. The minimum absolute atomic E-state index is 0.254. The van der Waals surface area contributed by atoms with Gasteiger partial charge in [0.1, 0.15) is 11.4 Å². The Balaban J connectivity index is 1.59. The normalized spacial score (nSPS) is 10.4. The summed E-state index contributed by atoms with van der Waals surface area (Å²) in [5, 5.41) is 6.58. The van der Waals surface area contributed by atoms with Gasteiger partial charge in [-0.2, -0.15) is 0 Å². The first-order valence-electron chi connectivity index (χ1n) is 8.82. The van der Waals surface area contributed by atoms with Gasteiger partial charge in [-0.05, 0) is 54.8 Å². The zero-order valence-electron chi connectivity index (χ0n) is 15.7. The van der Waals surface area contributed by atoms with Crippen LogP contribution in [0.5, 0.6) is 5.75 Å². The standard InChI is InChI=1S/C21H21ClN4O2/c1-14-6-7-16(13-18(14)22)25-21-24-11-9-19(26-21)20(27)23-10-8-15-4-3-5-17(12-15)28-2/h3-7,9,11-13H,8,10H2,1-2H3,(H,23,27)(H,24,25,26). The van der Waals surface area contributed by atoms with E-state index < -0.39 is 0 Å². The summed E-state index contributed by atoms with van der Waals surface area (Å²) in [4.78, 5) is 20.8. The van der Waals surface area contributed by atoms with Crippen LogP contribution in [0, 0.1) is 6.92 Å². The van der Waals surface area contributed by atoms with E-state index in [0.717, 1.165) is 22.6 Å². The molecule has 3 rings (SSSR count). The number of anilines is 2. The fourth-order valence-corrected chi connectivity index (χ4v) is 2.76. The van der Waals surface area contributed by atoms with Crippen LogP contribution >= 0.6 is 11.6 Å². The van der Waals surface area contributed by atoms with Crippen molar-refractivity contribution in [2.24, 2.45) is 0 Å². The number of nitrogens with one attached hydrogen (secondary N) is 2. The molecule has 0 radical (unpaired) electrons. The van der Waals surface area contributed by atoms with Crippen molar-refractivity contribution in [1.29, 1.82) is 0 Å². The van der Waals surface area contributed by atoms with E-state index in [1.165, 1.54) is 0 Å². The summed E-state index contributed by atoms with van der Waals surface area (Å²) in [5.74, 6) is 0.877. The van der Waals surface area contributed by atoms with Gasteiger partial charge in [0.15, 0.2) is 0 Å². The van der Waals surface area contributed by atoms with Crippen LogP contribution in [0.2, 0.25) is 5.02 Å². The van der Waals surface area contributed by atoms with E-state index in [2.05, 4.69) is 20.6 Å². The fraction of sp³-hybridized carbons (Fsp3) is 0.190. The van der Waals surface area contributed by atoms with Crippen LogP contribution < -0.4 is 15.4 Å². The second-order valence-corrected chi connectivity index (χ2v) is 6.62. The molecule has 0 spiro atoms. The van der Waals surface area contributed by atoms with Crippen LogP contribution in [-0.4, -0.2) is 29.5 Å². The van der Waals surface area contributed by atoms with Gasteiger partial charge in [0.05, 0.1) is 7.11 Å². The molecule has 3 aromatic rings. The summed E-state index contributed by atoms with van der Waals surface area (Å²) < 4.78 is 5.21. The average Bonchev–Trinajstić information content (AvgIpc) is 2.71. The van der Waals surface area contributed by atoms with Gasteiger partial charge in [-0.25, -0.2) is 9.97 Å². The number of carbonyl (C=O) groups is 1. The quantitative estimate of drug-likeness (QED) is 0.627. The first kappa shape index (κ1) is 19.6. The molecule has 0 atom stereocenters. The zero-order valence-corrected chi connectivity index (χ0v) is 16.5. The molecular weight excluding hydrogens is 376 g/mol. The topological polar surface area (TPSA) is 76.1 Å². The van der Waals surface area contributed by atoms with Crippen LogP contribution in [0.1, 0.15) is 21.6 Å². The van der Waals surface area contributed by atoms with Crippen LogP contribution in [-0.2, 0) is 6.42 Å². The molecule has 0 saturated heterocycles. The molecule has 0 bridgehead atoms. The number of methoxy groups -OCH3 is 1. The fourth-order valence-electron chi connectivity index (χ4n) is 2.58. The molecule has 0 aliphatic rings. The summed E-state index contributed by atoms with van der Waals surface area (Å²) in [6, 6.07) is 14.9. The Kier molecular flexibility index (Phi) is 6.45. The highest BCUT2D eigenvalue weighted by atomic mass is 35.5. The van der Waals surface area contributed by atoms with E-state index >= 15 is 0 Å². The van der Waals surface area contributed by atoms with Crippen molar-refractivity contribution < 1.29 is 9.53 Å². The lowest BCUT2D eigenvalue weighted by atomic mass is 10.1. The maximum absolute atomic E-state index is 12.4. The van der Waals surface area contributed by atoms with Crippen molar-refractivity contribution in [3.63, 3.8) is 0 Å². The number of hydrogen-bond donors (Lipinski definition) is 2. The van der Waals surface area contributed by atoms with E-state index in [0.29, 0.717) is 29.6 Å². The molecule has 1 amide bonds. The van der Waals surface area contributed by atoms with Crippen LogP contribution in [0.15, 0.2) is 54.7 Å². The summed E-state index contributed by atoms with van der Waals surface area (Å²) in [7, 11) is 1.63. The third-order valence-corrected chi connectivity index (χ3v) is 4.56. The number of ether oxygens (including phenoxy) is 1. The smallest absolute Gasteiger partial charge is 0.270 e. The van der Waals surface area contributed by atoms with E-state index in [-0.39, 0.29) is 5.91 Å². The van der Waals surface area contributed by atoms with Crippen molar-refractivity contribution in [2.45, 2.75) is 13.3 Å². The number of nitrogens with zero attached hydrogens (tertiary/aromatic N) is 2. The van der Waals surface area contributed by atoms with Gasteiger partial charge >= 0.3 is 0 Å².